The normalized spacial score (nSPS) is 11.7. The van der Waals surface area contributed by atoms with Gasteiger partial charge in [-0.3, -0.25) is 4.79 Å². The lowest BCUT2D eigenvalue weighted by Gasteiger charge is -2.16. The topological polar surface area (TPSA) is 55.4 Å². The molecule has 120 valence electrons. The summed E-state index contributed by atoms with van der Waals surface area (Å²) < 4.78 is 4.73. The first-order chi connectivity index (χ1) is 11.0. The molecule has 0 fully saturated rings. The Kier molecular flexibility index (Phi) is 5.52. The molecule has 4 nitrogen and oxygen atoms in total. The van der Waals surface area contributed by atoms with E-state index in [0.29, 0.717) is 6.42 Å². The molecule has 4 heteroatoms. The molecule has 0 spiro atoms. The molecule has 0 aliphatic carbocycles. The van der Waals surface area contributed by atoms with Crippen molar-refractivity contribution in [2.24, 2.45) is 0 Å². The fraction of sp³-hybridized carbons (Fsp3) is 0.263. The summed E-state index contributed by atoms with van der Waals surface area (Å²) in [6.45, 7) is 5.59. The Hall–Kier alpha value is -2.62. The van der Waals surface area contributed by atoms with E-state index in [1.54, 1.807) is 0 Å². The third-order valence-electron chi connectivity index (χ3n) is 3.55. The van der Waals surface area contributed by atoms with Gasteiger partial charge in [0.25, 0.3) is 0 Å². The second-order valence-electron chi connectivity index (χ2n) is 5.66. The third-order valence-corrected chi connectivity index (χ3v) is 3.55. The Morgan fingerprint density at radius 2 is 1.87 bits per heavy atom. The summed E-state index contributed by atoms with van der Waals surface area (Å²) in [6, 6.07) is 13.2. The first-order valence-corrected chi connectivity index (χ1v) is 7.49. The summed E-state index contributed by atoms with van der Waals surface area (Å²) in [4.78, 5) is 23.9. The lowest BCUT2D eigenvalue weighted by molar-refractivity contribution is -0.145. The number of hydrogen-bond acceptors (Lipinski definition) is 3. The highest BCUT2D eigenvalue weighted by Crippen LogP contribution is 2.16. The monoisotopic (exact) mass is 311 g/mol. The second-order valence-corrected chi connectivity index (χ2v) is 5.66. The van der Waals surface area contributed by atoms with Crippen LogP contribution in [0.1, 0.15) is 18.9 Å². The Bertz CT molecular complexity index is 736. The fourth-order valence-electron chi connectivity index (χ4n) is 2.46. The summed E-state index contributed by atoms with van der Waals surface area (Å²) in [6.07, 6.45) is 0.588. The standard InChI is InChI=1S/C19H21NO3/c1-13(2)10-17(19(22)23-3)20-18(21)12-14-8-9-15-6-4-5-7-16(15)11-14/h4-9,11,17H,1,10,12H2,2-3H3,(H,20,21)/t17-/m1/s1. The lowest BCUT2D eigenvalue weighted by atomic mass is 10.0. The molecule has 2 aromatic rings. The summed E-state index contributed by atoms with van der Waals surface area (Å²) in [5.74, 6) is -0.670. The smallest absolute Gasteiger partial charge is 0.328 e. The van der Waals surface area contributed by atoms with Crippen LogP contribution in [0.25, 0.3) is 10.8 Å². The molecule has 0 unspecified atom stereocenters. The van der Waals surface area contributed by atoms with E-state index in [0.717, 1.165) is 21.9 Å². The number of fused-ring (bicyclic) bond motifs is 1. The first-order valence-electron chi connectivity index (χ1n) is 7.49. The summed E-state index contributed by atoms with van der Waals surface area (Å²) in [5.41, 5.74) is 1.71. The van der Waals surface area contributed by atoms with Crippen LogP contribution in [0.2, 0.25) is 0 Å². The minimum absolute atomic E-state index is 0.211. The van der Waals surface area contributed by atoms with Crippen LogP contribution in [0.15, 0.2) is 54.6 Å². The average Bonchev–Trinajstić information content (AvgIpc) is 2.52. The van der Waals surface area contributed by atoms with Gasteiger partial charge in [0.1, 0.15) is 6.04 Å². The number of benzene rings is 2. The highest BCUT2D eigenvalue weighted by Gasteiger charge is 2.21. The number of ether oxygens (including phenoxy) is 1. The van der Waals surface area contributed by atoms with Crippen molar-refractivity contribution in [1.82, 2.24) is 5.32 Å². The van der Waals surface area contributed by atoms with Crippen molar-refractivity contribution in [3.8, 4) is 0 Å². The van der Waals surface area contributed by atoms with Crippen molar-refractivity contribution in [2.75, 3.05) is 7.11 Å². The van der Waals surface area contributed by atoms with Gasteiger partial charge in [-0.05, 0) is 29.7 Å². The number of rotatable bonds is 6. The minimum atomic E-state index is -0.689. The van der Waals surface area contributed by atoms with Gasteiger partial charge in [0, 0.05) is 0 Å². The van der Waals surface area contributed by atoms with E-state index >= 15 is 0 Å². The van der Waals surface area contributed by atoms with Crippen LogP contribution < -0.4 is 5.32 Å². The maximum atomic E-state index is 12.2. The average molecular weight is 311 g/mol. The van der Waals surface area contributed by atoms with Crippen LogP contribution >= 0.6 is 0 Å². The van der Waals surface area contributed by atoms with Crippen LogP contribution in [0.3, 0.4) is 0 Å². The molecular formula is C19H21NO3. The molecule has 0 aromatic heterocycles. The van der Waals surface area contributed by atoms with Crippen molar-refractivity contribution in [3.05, 3.63) is 60.2 Å². The van der Waals surface area contributed by atoms with Gasteiger partial charge >= 0.3 is 5.97 Å². The molecule has 0 aliphatic heterocycles. The van der Waals surface area contributed by atoms with Crippen molar-refractivity contribution < 1.29 is 14.3 Å². The van der Waals surface area contributed by atoms with Crippen LogP contribution in [-0.4, -0.2) is 25.0 Å². The number of hydrogen-bond donors (Lipinski definition) is 1. The van der Waals surface area contributed by atoms with Crippen molar-refractivity contribution in [2.45, 2.75) is 25.8 Å². The predicted molar refractivity (Wildman–Crippen MR) is 91.0 cm³/mol. The van der Waals surface area contributed by atoms with Crippen LogP contribution in [0.4, 0.5) is 0 Å². The first kappa shape index (κ1) is 16.7. The predicted octanol–water partition coefficient (Wildman–Crippen LogP) is 3.01. The zero-order valence-corrected chi connectivity index (χ0v) is 13.5. The number of methoxy groups -OCH3 is 1. The molecule has 0 radical (unpaired) electrons. The molecule has 2 aromatic carbocycles. The quantitative estimate of drug-likeness (QED) is 0.659. The molecule has 0 bridgehead atoms. The fourth-order valence-corrected chi connectivity index (χ4v) is 2.46. The molecule has 1 amide bonds. The van der Waals surface area contributed by atoms with Gasteiger partial charge in [0.05, 0.1) is 13.5 Å². The number of carbonyl (C=O) groups excluding carboxylic acids is 2. The molecule has 2 rings (SSSR count). The number of nitrogens with one attached hydrogen (secondary N) is 1. The van der Waals surface area contributed by atoms with E-state index in [-0.39, 0.29) is 12.3 Å². The van der Waals surface area contributed by atoms with Crippen molar-refractivity contribution in [3.63, 3.8) is 0 Å². The van der Waals surface area contributed by atoms with E-state index in [4.69, 9.17) is 4.74 Å². The lowest BCUT2D eigenvalue weighted by Crippen LogP contribution is -2.42. The highest BCUT2D eigenvalue weighted by atomic mass is 16.5. The van der Waals surface area contributed by atoms with Gasteiger partial charge in [-0.25, -0.2) is 4.79 Å². The largest absolute Gasteiger partial charge is 0.467 e. The Morgan fingerprint density at radius 3 is 2.52 bits per heavy atom. The molecular weight excluding hydrogens is 290 g/mol. The summed E-state index contributed by atoms with van der Waals surface area (Å²) in [5, 5.41) is 4.94. The van der Waals surface area contributed by atoms with E-state index in [9.17, 15) is 9.59 Å². The van der Waals surface area contributed by atoms with E-state index in [2.05, 4.69) is 11.9 Å². The van der Waals surface area contributed by atoms with Gasteiger partial charge in [-0.2, -0.15) is 0 Å². The zero-order valence-electron chi connectivity index (χ0n) is 13.5. The van der Waals surface area contributed by atoms with Crippen molar-refractivity contribution >= 4 is 22.6 Å². The minimum Gasteiger partial charge on any atom is -0.467 e. The Labute approximate surface area is 136 Å². The second kappa shape index (κ2) is 7.58. The molecule has 23 heavy (non-hydrogen) atoms. The van der Waals surface area contributed by atoms with E-state index in [1.807, 2.05) is 49.4 Å². The van der Waals surface area contributed by atoms with Gasteiger partial charge in [-0.1, -0.05) is 48.0 Å². The van der Waals surface area contributed by atoms with Gasteiger partial charge in [-0.15, -0.1) is 6.58 Å². The third kappa shape index (κ3) is 4.68. The number of amides is 1. The van der Waals surface area contributed by atoms with E-state index < -0.39 is 12.0 Å². The number of carbonyl (C=O) groups is 2. The summed E-state index contributed by atoms with van der Waals surface area (Å²) >= 11 is 0. The van der Waals surface area contributed by atoms with Crippen LogP contribution in [0.5, 0.6) is 0 Å². The van der Waals surface area contributed by atoms with E-state index in [1.165, 1.54) is 7.11 Å². The molecule has 0 saturated carbocycles. The van der Waals surface area contributed by atoms with Crippen LogP contribution in [-0.2, 0) is 20.7 Å². The Morgan fingerprint density at radius 1 is 1.17 bits per heavy atom. The van der Waals surface area contributed by atoms with Gasteiger partial charge < -0.3 is 10.1 Å². The Balaban J connectivity index is 2.06. The molecule has 1 N–H and O–H groups in total. The molecule has 0 heterocycles. The van der Waals surface area contributed by atoms with Crippen molar-refractivity contribution in [1.29, 1.82) is 0 Å². The van der Waals surface area contributed by atoms with Gasteiger partial charge in [0.15, 0.2) is 0 Å². The molecule has 0 aliphatic rings. The number of esters is 1. The maximum Gasteiger partial charge on any atom is 0.328 e. The SMILES string of the molecule is C=C(C)C[C@@H](NC(=O)Cc1ccc2ccccc2c1)C(=O)OC. The summed E-state index contributed by atoms with van der Waals surface area (Å²) in [7, 11) is 1.31. The zero-order chi connectivity index (χ0) is 16.8. The molecule has 1 atom stereocenters. The molecule has 0 saturated heterocycles. The van der Waals surface area contributed by atoms with Crippen LogP contribution in [0, 0.1) is 0 Å². The van der Waals surface area contributed by atoms with Gasteiger partial charge in [0.2, 0.25) is 5.91 Å². The maximum absolute atomic E-state index is 12.2. The highest BCUT2D eigenvalue weighted by molar-refractivity contribution is 5.88.